The Hall–Kier alpha value is -1.39. The molecule has 0 fully saturated rings. The maximum Gasteiger partial charge on any atom is 0.246 e. The third-order valence-electron chi connectivity index (χ3n) is 3.16. The number of hydrogen-bond donors (Lipinski definition) is 0. The highest BCUT2D eigenvalue weighted by Gasteiger charge is 2.32. The summed E-state index contributed by atoms with van der Waals surface area (Å²) in [5, 5.41) is 13.0. The second-order valence-electron chi connectivity index (χ2n) is 6.43. The largest absolute Gasteiger partial charge is 0.271 e. The van der Waals surface area contributed by atoms with E-state index in [4.69, 9.17) is 5.26 Å². The summed E-state index contributed by atoms with van der Waals surface area (Å²) in [5.74, 6) is 0. The minimum Gasteiger partial charge on any atom is -0.271 e. The van der Waals surface area contributed by atoms with Gasteiger partial charge in [-0.1, -0.05) is 20.8 Å². The molecule has 6 nitrogen and oxygen atoms in total. The minimum atomic E-state index is -3.65. The molecule has 21 heavy (non-hydrogen) atoms. The molecule has 0 amide bonds. The van der Waals surface area contributed by atoms with Gasteiger partial charge in [0.05, 0.1) is 17.5 Å². The summed E-state index contributed by atoms with van der Waals surface area (Å²) in [4.78, 5) is 0.257. The van der Waals surface area contributed by atoms with Gasteiger partial charge >= 0.3 is 0 Å². The van der Waals surface area contributed by atoms with Crippen LogP contribution in [0.5, 0.6) is 0 Å². The third-order valence-corrected chi connectivity index (χ3v) is 5.26. The zero-order valence-electron chi connectivity index (χ0n) is 13.6. The molecule has 0 aliphatic carbocycles. The first-order valence-corrected chi connectivity index (χ1v) is 8.32. The summed E-state index contributed by atoms with van der Waals surface area (Å²) >= 11 is 0. The van der Waals surface area contributed by atoms with Crippen molar-refractivity contribution in [3.8, 4) is 6.07 Å². The zero-order valence-corrected chi connectivity index (χ0v) is 14.5. The van der Waals surface area contributed by atoms with Crippen molar-refractivity contribution < 1.29 is 8.42 Å². The minimum absolute atomic E-state index is 0.174. The van der Waals surface area contributed by atoms with Crippen molar-refractivity contribution in [1.82, 2.24) is 14.1 Å². The SMILES string of the molecule is Cc1nn(C)c(C)c1S(=O)(=O)N(CCC#N)CC(C)(C)C. The van der Waals surface area contributed by atoms with E-state index < -0.39 is 10.0 Å². The molecule has 7 heteroatoms. The number of nitrogens with zero attached hydrogens (tertiary/aromatic N) is 4. The molecule has 1 heterocycles. The van der Waals surface area contributed by atoms with E-state index in [1.807, 2.05) is 26.8 Å². The Labute approximate surface area is 127 Å². The van der Waals surface area contributed by atoms with Gasteiger partial charge in [-0.15, -0.1) is 0 Å². The van der Waals surface area contributed by atoms with Crippen LogP contribution in [0.25, 0.3) is 0 Å². The number of hydrogen-bond acceptors (Lipinski definition) is 4. The molecule has 0 aromatic carbocycles. The first-order chi connectivity index (χ1) is 9.50. The molecular weight excluding hydrogens is 288 g/mol. The van der Waals surface area contributed by atoms with Crippen LogP contribution < -0.4 is 0 Å². The molecule has 1 aromatic rings. The summed E-state index contributed by atoms with van der Waals surface area (Å²) in [5.41, 5.74) is 0.918. The lowest BCUT2D eigenvalue weighted by molar-refractivity contribution is 0.284. The molecule has 0 aliphatic heterocycles. The first-order valence-electron chi connectivity index (χ1n) is 6.88. The van der Waals surface area contributed by atoms with E-state index >= 15 is 0 Å². The molecule has 0 aliphatic rings. The molecular formula is C14H24N4O2S. The molecule has 0 bridgehead atoms. The molecule has 1 rings (SSSR count). The summed E-state index contributed by atoms with van der Waals surface area (Å²) in [6.45, 7) is 9.93. The normalized spacial score (nSPS) is 12.7. The molecule has 0 saturated carbocycles. The van der Waals surface area contributed by atoms with Crippen LogP contribution in [0.15, 0.2) is 4.90 Å². The van der Waals surface area contributed by atoms with Crippen LogP contribution in [0.4, 0.5) is 0 Å². The lowest BCUT2D eigenvalue weighted by Gasteiger charge is -2.28. The van der Waals surface area contributed by atoms with Crippen LogP contribution in [-0.4, -0.2) is 35.6 Å². The van der Waals surface area contributed by atoms with Crippen molar-refractivity contribution in [2.24, 2.45) is 12.5 Å². The molecule has 0 N–H and O–H groups in total. The smallest absolute Gasteiger partial charge is 0.246 e. The van der Waals surface area contributed by atoms with Crippen molar-refractivity contribution in [3.05, 3.63) is 11.4 Å². The fraction of sp³-hybridized carbons (Fsp3) is 0.714. The van der Waals surface area contributed by atoms with Gasteiger partial charge in [0.15, 0.2) is 0 Å². The van der Waals surface area contributed by atoms with Crippen molar-refractivity contribution >= 4 is 10.0 Å². The molecule has 0 radical (unpaired) electrons. The van der Waals surface area contributed by atoms with Gasteiger partial charge in [-0.3, -0.25) is 4.68 Å². The summed E-state index contributed by atoms with van der Waals surface area (Å²) in [6, 6.07) is 2.01. The van der Waals surface area contributed by atoms with Gasteiger partial charge in [0.1, 0.15) is 4.90 Å². The van der Waals surface area contributed by atoms with Crippen molar-refractivity contribution in [3.63, 3.8) is 0 Å². The highest BCUT2D eigenvalue weighted by Crippen LogP contribution is 2.26. The predicted octanol–water partition coefficient (Wildman–Crippen LogP) is 1.99. The molecule has 0 saturated heterocycles. The lowest BCUT2D eigenvalue weighted by atomic mass is 9.97. The molecule has 118 valence electrons. The second kappa shape index (κ2) is 6.16. The van der Waals surface area contributed by atoms with E-state index in [9.17, 15) is 8.42 Å². The lowest BCUT2D eigenvalue weighted by Crippen LogP contribution is -2.38. The van der Waals surface area contributed by atoms with Crippen LogP contribution in [0, 0.1) is 30.6 Å². The van der Waals surface area contributed by atoms with Gasteiger partial charge < -0.3 is 0 Å². The van der Waals surface area contributed by atoms with Crippen LogP contribution in [-0.2, 0) is 17.1 Å². The van der Waals surface area contributed by atoms with Gasteiger partial charge in [0, 0.05) is 26.6 Å². The van der Waals surface area contributed by atoms with Crippen LogP contribution >= 0.6 is 0 Å². The zero-order chi connectivity index (χ0) is 16.4. The maximum absolute atomic E-state index is 12.9. The van der Waals surface area contributed by atoms with Crippen LogP contribution in [0.3, 0.4) is 0 Å². The Kier molecular flexibility index (Phi) is 5.18. The number of aromatic nitrogens is 2. The topological polar surface area (TPSA) is 79.0 Å². The third kappa shape index (κ3) is 4.05. The first kappa shape index (κ1) is 17.7. The molecule has 0 spiro atoms. The number of rotatable bonds is 5. The van der Waals surface area contributed by atoms with Crippen molar-refractivity contribution in [1.29, 1.82) is 5.26 Å². The van der Waals surface area contributed by atoms with Gasteiger partial charge in [0.2, 0.25) is 10.0 Å². The standard InChI is InChI=1S/C14H24N4O2S/c1-11-13(12(2)17(6)16-11)21(19,20)18(9-7-8-15)10-14(3,4)5/h7,9-10H2,1-6H3. The van der Waals surface area contributed by atoms with E-state index in [-0.39, 0.29) is 23.3 Å². The van der Waals surface area contributed by atoms with Gasteiger partial charge in [-0.05, 0) is 19.3 Å². The molecule has 1 aromatic heterocycles. The monoisotopic (exact) mass is 312 g/mol. The number of nitriles is 1. The highest BCUT2D eigenvalue weighted by atomic mass is 32.2. The molecule has 0 atom stereocenters. The predicted molar refractivity (Wildman–Crippen MR) is 81.1 cm³/mol. The average molecular weight is 312 g/mol. The fourth-order valence-electron chi connectivity index (χ4n) is 2.24. The van der Waals surface area contributed by atoms with E-state index in [1.54, 1.807) is 25.6 Å². The number of sulfonamides is 1. The van der Waals surface area contributed by atoms with Gasteiger partial charge in [-0.2, -0.15) is 14.7 Å². The average Bonchev–Trinajstić information content (AvgIpc) is 2.57. The van der Waals surface area contributed by atoms with E-state index in [1.165, 1.54) is 4.31 Å². The highest BCUT2D eigenvalue weighted by molar-refractivity contribution is 7.89. The fourth-order valence-corrected chi connectivity index (χ4v) is 4.31. The van der Waals surface area contributed by atoms with Crippen molar-refractivity contribution in [2.45, 2.75) is 45.9 Å². The van der Waals surface area contributed by atoms with Crippen LogP contribution in [0.2, 0.25) is 0 Å². The summed E-state index contributed by atoms with van der Waals surface area (Å²) in [6.07, 6.45) is 0.174. The van der Waals surface area contributed by atoms with Gasteiger partial charge in [-0.25, -0.2) is 8.42 Å². The molecule has 0 unspecified atom stereocenters. The second-order valence-corrected chi connectivity index (χ2v) is 8.31. The Morgan fingerprint density at radius 2 is 1.90 bits per heavy atom. The van der Waals surface area contributed by atoms with Crippen LogP contribution in [0.1, 0.15) is 38.6 Å². The van der Waals surface area contributed by atoms with E-state index in [0.29, 0.717) is 17.9 Å². The summed E-state index contributed by atoms with van der Waals surface area (Å²) in [7, 11) is -1.92. The maximum atomic E-state index is 12.9. The van der Waals surface area contributed by atoms with Gasteiger partial charge in [0.25, 0.3) is 0 Å². The summed E-state index contributed by atoms with van der Waals surface area (Å²) < 4.78 is 28.8. The Morgan fingerprint density at radius 1 is 1.33 bits per heavy atom. The van der Waals surface area contributed by atoms with E-state index in [0.717, 1.165) is 0 Å². The Bertz CT molecular complexity index is 648. The Balaban J connectivity index is 3.30. The Morgan fingerprint density at radius 3 is 2.29 bits per heavy atom. The van der Waals surface area contributed by atoms with E-state index in [2.05, 4.69) is 5.10 Å². The van der Waals surface area contributed by atoms with Crippen molar-refractivity contribution in [2.75, 3.05) is 13.1 Å². The quantitative estimate of drug-likeness (QED) is 0.833. The number of aryl methyl sites for hydroxylation is 2.